The van der Waals surface area contributed by atoms with Gasteiger partial charge >= 0.3 is 24.3 Å². The van der Waals surface area contributed by atoms with E-state index in [2.05, 4.69) is 15.0 Å². The number of carbonyl (C=O) groups is 2. The fraction of sp³-hybridized carbons (Fsp3) is 0.222. The van der Waals surface area contributed by atoms with E-state index in [0.717, 1.165) is 10.9 Å². The average molecular weight is 515 g/mol. The van der Waals surface area contributed by atoms with Crippen LogP contribution in [0.25, 0.3) is 17.5 Å². The number of halogens is 6. The van der Waals surface area contributed by atoms with Crippen molar-refractivity contribution in [1.82, 2.24) is 9.97 Å². The van der Waals surface area contributed by atoms with Gasteiger partial charge in [0.1, 0.15) is 5.82 Å². The highest BCUT2D eigenvalue weighted by Gasteiger charge is 2.38. The van der Waals surface area contributed by atoms with Crippen LogP contribution in [-0.2, 0) is 19.4 Å². The van der Waals surface area contributed by atoms with Gasteiger partial charge in [-0.3, -0.25) is 4.99 Å². The molecular formula is C18H15F6N3O6S. The van der Waals surface area contributed by atoms with Crippen molar-refractivity contribution in [2.45, 2.75) is 17.2 Å². The van der Waals surface area contributed by atoms with Crippen molar-refractivity contribution in [2.24, 2.45) is 4.99 Å². The number of carboxylic acid groups (broad SMARTS) is 2. The van der Waals surface area contributed by atoms with Crippen LogP contribution in [-0.4, -0.2) is 65.7 Å². The quantitative estimate of drug-likeness (QED) is 0.516. The summed E-state index contributed by atoms with van der Waals surface area (Å²) < 4.78 is 86.3. The molecule has 0 unspecified atom stereocenters. The van der Waals surface area contributed by atoms with Gasteiger partial charge in [-0.2, -0.15) is 26.3 Å². The first-order valence-electron chi connectivity index (χ1n) is 8.61. The molecule has 34 heavy (non-hydrogen) atoms. The maximum Gasteiger partial charge on any atom is 0.490 e. The summed E-state index contributed by atoms with van der Waals surface area (Å²) >= 11 is 0. The number of aliphatic carboxylic acids is 2. The molecular weight excluding hydrogens is 500 g/mol. The summed E-state index contributed by atoms with van der Waals surface area (Å²) in [6, 6.07) is 6.65. The Morgan fingerprint density at radius 3 is 1.85 bits per heavy atom. The SMILES string of the molecule is CS(=O)(=O)c1ccc(-c2nc3c([nH]2)=CC=CCN=3)cc1.O=C(O)C(F)(F)F.O=C(O)C(F)(F)F. The van der Waals surface area contributed by atoms with Gasteiger partial charge in [0.05, 0.1) is 16.8 Å². The van der Waals surface area contributed by atoms with Gasteiger partial charge in [0.15, 0.2) is 15.3 Å². The second-order valence-corrected chi connectivity index (χ2v) is 8.18. The molecule has 9 nitrogen and oxygen atoms in total. The summed E-state index contributed by atoms with van der Waals surface area (Å²) in [5.41, 5.74) is 1.51. The molecule has 0 amide bonds. The van der Waals surface area contributed by atoms with Gasteiger partial charge in [-0.25, -0.2) is 23.0 Å². The number of aromatic nitrogens is 2. The van der Waals surface area contributed by atoms with Gasteiger partial charge in [-0.15, -0.1) is 0 Å². The van der Waals surface area contributed by atoms with Gasteiger partial charge in [0.2, 0.25) is 0 Å². The van der Waals surface area contributed by atoms with E-state index in [9.17, 15) is 34.8 Å². The van der Waals surface area contributed by atoms with Crippen LogP contribution in [0.4, 0.5) is 26.3 Å². The number of benzene rings is 1. The van der Waals surface area contributed by atoms with Crippen LogP contribution in [0.3, 0.4) is 0 Å². The summed E-state index contributed by atoms with van der Waals surface area (Å²) in [7, 11) is -3.17. The number of nitrogens with one attached hydrogen (secondary N) is 1. The zero-order chi connectivity index (χ0) is 26.3. The van der Waals surface area contributed by atoms with Crippen molar-refractivity contribution in [3.8, 4) is 11.4 Å². The van der Waals surface area contributed by atoms with E-state index in [1.807, 2.05) is 18.2 Å². The predicted molar refractivity (Wildman–Crippen MR) is 104 cm³/mol. The molecule has 1 aromatic carbocycles. The zero-order valence-electron chi connectivity index (χ0n) is 16.8. The first kappa shape index (κ1) is 28.3. The second kappa shape index (κ2) is 11.0. The number of H-pyrrole nitrogens is 1. The van der Waals surface area contributed by atoms with E-state index in [1.165, 1.54) is 6.26 Å². The number of nitrogens with zero attached hydrogens (tertiary/aromatic N) is 2. The lowest BCUT2D eigenvalue weighted by molar-refractivity contribution is -0.193. The van der Waals surface area contributed by atoms with E-state index in [4.69, 9.17) is 19.8 Å². The first-order valence-corrected chi connectivity index (χ1v) is 10.5. The second-order valence-electron chi connectivity index (χ2n) is 6.16. The molecule has 186 valence electrons. The molecule has 0 spiro atoms. The monoisotopic (exact) mass is 515 g/mol. The standard InChI is InChI=1S/C14H13N3O2S.2C2HF3O2/c1-20(18,19)11-7-5-10(6-8-11)13-16-12-4-2-3-9-15-14(12)17-13;2*3-2(4,5)1(6)7/h2-8H,9H2,1H3,(H,15,16,17);2*(H,6,7). The Hall–Kier alpha value is -3.69. The predicted octanol–water partition coefficient (Wildman–Crippen LogP) is 1.72. The summed E-state index contributed by atoms with van der Waals surface area (Å²) in [6.45, 7) is 0.612. The van der Waals surface area contributed by atoms with Crippen LogP contribution in [0.15, 0.2) is 46.3 Å². The summed E-state index contributed by atoms with van der Waals surface area (Å²) in [5, 5.41) is 15.1. The van der Waals surface area contributed by atoms with Gasteiger partial charge < -0.3 is 15.2 Å². The summed E-state index contributed by atoms with van der Waals surface area (Å²) in [6.07, 6.45) is -3.16. The minimum absolute atomic E-state index is 0.300. The number of rotatable bonds is 2. The number of aromatic amines is 1. The fourth-order valence-corrected chi connectivity index (χ4v) is 2.61. The van der Waals surface area contributed by atoms with E-state index < -0.39 is 34.1 Å². The van der Waals surface area contributed by atoms with Crippen LogP contribution < -0.4 is 10.8 Å². The molecule has 0 saturated heterocycles. The number of allylic oxidation sites excluding steroid dienone is 1. The molecule has 0 fully saturated rings. The lowest BCUT2D eigenvalue weighted by atomic mass is 10.2. The van der Waals surface area contributed by atoms with E-state index >= 15 is 0 Å². The third-order valence-electron chi connectivity index (χ3n) is 3.50. The highest BCUT2D eigenvalue weighted by molar-refractivity contribution is 7.90. The summed E-state index contributed by atoms with van der Waals surface area (Å²) in [4.78, 5) is 30.0. The molecule has 0 aliphatic carbocycles. The highest BCUT2D eigenvalue weighted by Crippen LogP contribution is 2.16. The van der Waals surface area contributed by atoms with E-state index in [1.54, 1.807) is 24.3 Å². The molecule has 3 N–H and O–H groups in total. The fourth-order valence-electron chi connectivity index (χ4n) is 1.98. The van der Waals surface area contributed by atoms with Gasteiger partial charge in [-0.1, -0.05) is 12.2 Å². The Bertz CT molecular complexity index is 1260. The van der Waals surface area contributed by atoms with E-state index in [0.29, 0.717) is 22.8 Å². The average Bonchev–Trinajstić information content (AvgIpc) is 2.97. The maximum absolute atomic E-state index is 11.4. The Balaban J connectivity index is 0.000000343. The first-order chi connectivity index (χ1) is 15.4. The Labute approximate surface area is 186 Å². The summed E-state index contributed by atoms with van der Waals surface area (Å²) in [5.74, 6) is -4.83. The third kappa shape index (κ3) is 9.05. The molecule has 0 bridgehead atoms. The molecule has 16 heteroatoms. The topological polar surface area (TPSA) is 150 Å². The number of hydrogen-bond acceptors (Lipinski definition) is 6. The highest BCUT2D eigenvalue weighted by atomic mass is 32.2. The van der Waals surface area contributed by atoms with Crippen LogP contribution in [0.1, 0.15) is 0 Å². The van der Waals surface area contributed by atoms with Crippen molar-refractivity contribution < 1.29 is 54.6 Å². The van der Waals surface area contributed by atoms with Gasteiger partial charge in [-0.05, 0) is 30.3 Å². The van der Waals surface area contributed by atoms with Gasteiger partial charge in [0, 0.05) is 11.8 Å². The van der Waals surface area contributed by atoms with E-state index in [-0.39, 0.29) is 0 Å². The van der Waals surface area contributed by atoms with Crippen LogP contribution >= 0.6 is 0 Å². The number of sulfone groups is 1. The number of hydrogen-bond donors (Lipinski definition) is 3. The number of fused-ring (bicyclic) bond motifs is 1. The molecule has 1 aliphatic heterocycles. The molecule has 1 aromatic heterocycles. The van der Waals surface area contributed by atoms with Crippen LogP contribution in [0.5, 0.6) is 0 Å². The minimum Gasteiger partial charge on any atom is -0.475 e. The smallest absolute Gasteiger partial charge is 0.475 e. The lowest BCUT2D eigenvalue weighted by Crippen LogP contribution is -2.23. The Kier molecular flexibility index (Phi) is 9.13. The number of alkyl halides is 6. The molecule has 3 rings (SSSR count). The molecule has 0 atom stereocenters. The van der Waals surface area contributed by atoms with Crippen molar-refractivity contribution >= 4 is 27.9 Å². The minimum atomic E-state index is -5.08. The van der Waals surface area contributed by atoms with Gasteiger partial charge in [0.25, 0.3) is 0 Å². The number of imidazole rings is 1. The van der Waals surface area contributed by atoms with Crippen LogP contribution in [0.2, 0.25) is 0 Å². The largest absolute Gasteiger partial charge is 0.490 e. The lowest BCUT2D eigenvalue weighted by Gasteiger charge is -1.99. The molecule has 1 aliphatic rings. The maximum atomic E-state index is 11.4. The third-order valence-corrected chi connectivity index (χ3v) is 4.63. The molecule has 2 aromatic rings. The molecule has 0 saturated carbocycles. The Morgan fingerprint density at radius 2 is 1.44 bits per heavy atom. The zero-order valence-corrected chi connectivity index (χ0v) is 17.7. The van der Waals surface area contributed by atoms with Crippen molar-refractivity contribution in [2.75, 3.05) is 12.8 Å². The van der Waals surface area contributed by atoms with Crippen molar-refractivity contribution in [1.29, 1.82) is 0 Å². The van der Waals surface area contributed by atoms with Crippen molar-refractivity contribution in [3.05, 3.63) is 47.3 Å². The normalized spacial score (nSPS) is 12.9. The van der Waals surface area contributed by atoms with Crippen LogP contribution in [0, 0.1) is 0 Å². The molecule has 2 heterocycles. The van der Waals surface area contributed by atoms with Crippen molar-refractivity contribution in [3.63, 3.8) is 0 Å². The molecule has 0 radical (unpaired) electrons. The Morgan fingerprint density at radius 1 is 0.971 bits per heavy atom. The number of carboxylic acids is 2.